The van der Waals surface area contributed by atoms with E-state index in [9.17, 15) is 4.39 Å². The molecule has 15 heavy (non-hydrogen) atoms. The largest absolute Gasteiger partial charge is 0.327 e. The van der Waals surface area contributed by atoms with Crippen LogP contribution in [0.3, 0.4) is 0 Å². The number of halogens is 1. The minimum absolute atomic E-state index is 0.169. The van der Waals surface area contributed by atoms with Crippen molar-refractivity contribution >= 4 is 6.08 Å². The van der Waals surface area contributed by atoms with Crippen molar-refractivity contribution in [1.29, 1.82) is 0 Å². The lowest BCUT2D eigenvalue weighted by Gasteiger charge is -2.02. The van der Waals surface area contributed by atoms with Gasteiger partial charge in [0.15, 0.2) is 0 Å². The maximum absolute atomic E-state index is 12.9. The summed E-state index contributed by atoms with van der Waals surface area (Å²) in [4.78, 5) is 0. The average Bonchev–Trinajstić information content (AvgIpc) is 2.56. The highest BCUT2D eigenvalue weighted by Crippen LogP contribution is 2.26. The number of rotatable bonds is 1. The Hall–Kier alpha value is -1.15. The second kappa shape index (κ2) is 4.15. The van der Waals surface area contributed by atoms with Crippen LogP contribution < -0.4 is 5.73 Å². The summed E-state index contributed by atoms with van der Waals surface area (Å²) in [6.07, 6.45) is 5.29. The topological polar surface area (TPSA) is 26.0 Å². The minimum Gasteiger partial charge on any atom is -0.327 e. The van der Waals surface area contributed by atoms with Crippen LogP contribution in [0.4, 0.5) is 4.39 Å². The molecule has 1 aliphatic rings. The first-order chi connectivity index (χ1) is 7.15. The molecule has 1 aromatic carbocycles. The normalized spacial score (nSPS) is 23.7. The minimum atomic E-state index is -0.169. The molecule has 0 amide bonds. The van der Waals surface area contributed by atoms with Gasteiger partial charge >= 0.3 is 0 Å². The first-order valence-corrected chi connectivity index (χ1v) is 5.36. The third-order valence-electron chi connectivity index (χ3n) is 2.95. The Kier molecular flexibility index (Phi) is 2.87. The Bertz CT molecular complexity index is 396. The number of hydrogen-bond acceptors (Lipinski definition) is 1. The number of nitrogens with two attached hydrogens (primary N) is 1. The van der Waals surface area contributed by atoms with Gasteiger partial charge in [0.25, 0.3) is 0 Å². The molecule has 1 fully saturated rings. The van der Waals surface area contributed by atoms with Crippen molar-refractivity contribution < 1.29 is 4.39 Å². The molecule has 1 aromatic rings. The molecule has 1 nitrogen and oxygen atoms in total. The summed E-state index contributed by atoms with van der Waals surface area (Å²) in [5.41, 5.74) is 9.33. The van der Waals surface area contributed by atoms with Crippen molar-refractivity contribution in [1.82, 2.24) is 0 Å². The standard InChI is InChI=1S/C13H16FN/c1-9-6-12(14)4-3-11(9)7-10-2-5-13(15)8-10/h3-4,6-7,13H,2,5,8,15H2,1H3/b10-7-. The average molecular weight is 205 g/mol. The van der Waals surface area contributed by atoms with Crippen LogP contribution in [0.15, 0.2) is 23.8 Å². The summed E-state index contributed by atoms with van der Waals surface area (Å²) in [7, 11) is 0. The Morgan fingerprint density at radius 3 is 2.87 bits per heavy atom. The van der Waals surface area contributed by atoms with Crippen LogP contribution in [0.25, 0.3) is 6.08 Å². The van der Waals surface area contributed by atoms with Gasteiger partial charge in [-0.1, -0.05) is 17.7 Å². The maximum atomic E-state index is 12.9. The Morgan fingerprint density at radius 1 is 1.47 bits per heavy atom. The second-order valence-electron chi connectivity index (χ2n) is 4.31. The lowest BCUT2D eigenvalue weighted by Crippen LogP contribution is -2.13. The smallest absolute Gasteiger partial charge is 0.123 e. The highest BCUT2D eigenvalue weighted by atomic mass is 19.1. The molecule has 0 aliphatic heterocycles. The van der Waals surface area contributed by atoms with E-state index < -0.39 is 0 Å². The molecular weight excluding hydrogens is 189 g/mol. The van der Waals surface area contributed by atoms with Gasteiger partial charge in [-0.2, -0.15) is 0 Å². The second-order valence-corrected chi connectivity index (χ2v) is 4.31. The predicted molar refractivity (Wildman–Crippen MR) is 60.9 cm³/mol. The fourth-order valence-electron chi connectivity index (χ4n) is 2.06. The van der Waals surface area contributed by atoms with E-state index in [1.807, 2.05) is 13.0 Å². The number of aryl methyl sites for hydroxylation is 1. The zero-order chi connectivity index (χ0) is 10.8. The molecule has 1 saturated carbocycles. The first kappa shape index (κ1) is 10.4. The van der Waals surface area contributed by atoms with Crippen LogP contribution in [-0.2, 0) is 0 Å². The van der Waals surface area contributed by atoms with Gasteiger partial charge in [0.2, 0.25) is 0 Å². The highest BCUT2D eigenvalue weighted by Gasteiger charge is 2.15. The fraction of sp³-hybridized carbons (Fsp3) is 0.385. The van der Waals surface area contributed by atoms with Crippen LogP contribution in [0.2, 0.25) is 0 Å². The molecule has 0 spiro atoms. The van der Waals surface area contributed by atoms with Crippen LogP contribution in [-0.4, -0.2) is 6.04 Å². The molecule has 1 aliphatic carbocycles. The summed E-state index contributed by atoms with van der Waals surface area (Å²) in [6.45, 7) is 1.93. The van der Waals surface area contributed by atoms with E-state index in [4.69, 9.17) is 5.73 Å². The molecule has 0 aromatic heterocycles. The molecule has 2 heteroatoms. The van der Waals surface area contributed by atoms with Crippen molar-refractivity contribution in [2.24, 2.45) is 5.73 Å². The SMILES string of the molecule is Cc1cc(F)ccc1/C=C1/CCC(N)C1. The number of benzene rings is 1. The van der Waals surface area contributed by atoms with Gasteiger partial charge in [0.1, 0.15) is 5.82 Å². The lowest BCUT2D eigenvalue weighted by molar-refractivity contribution is 0.626. The zero-order valence-corrected chi connectivity index (χ0v) is 8.96. The molecule has 0 radical (unpaired) electrons. The van der Waals surface area contributed by atoms with Crippen molar-refractivity contribution in [2.75, 3.05) is 0 Å². The molecular formula is C13H16FN. The van der Waals surface area contributed by atoms with E-state index in [0.29, 0.717) is 6.04 Å². The number of hydrogen-bond donors (Lipinski definition) is 1. The van der Waals surface area contributed by atoms with Crippen LogP contribution in [0.1, 0.15) is 30.4 Å². The zero-order valence-electron chi connectivity index (χ0n) is 8.96. The summed E-state index contributed by atoms with van der Waals surface area (Å²) < 4.78 is 12.9. The predicted octanol–water partition coefficient (Wildman–Crippen LogP) is 3.03. The Balaban J connectivity index is 2.24. The van der Waals surface area contributed by atoms with E-state index in [1.165, 1.54) is 11.6 Å². The summed E-state index contributed by atoms with van der Waals surface area (Å²) >= 11 is 0. The van der Waals surface area contributed by atoms with E-state index in [0.717, 1.165) is 30.4 Å². The van der Waals surface area contributed by atoms with Gasteiger partial charge in [-0.15, -0.1) is 0 Å². The van der Waals surface area contributed by atoms with Crippen molar-refractivity contribution in [3.05, 3.63) is 40.7 Å². The van der Waals surface area contributed by atoms with Crippen molar-refractivity contribution in [3.8, 4) is 0 Å². The van der Waals surface area contributed by atoms with Gasteiger partial charge in [-0.25, -0.2) is 4.39 Å². The van der Waals surface area contributed by atoms with Gasteiger partial charge in [0, 0.05) is 6.04 Å². The molecule has 2 N–H and O–H groups in total. The van der Waals surface area contributed by atoms with Gasteiger partial charge < -0.3 is 5.73 Å². The van der Waals surface area contributed by atoms with Gasteiger partial charge in [-0.3, -0.25) is 0 Å². The van der Waals surface area contributed by atoms with Gasteiger partial charge in [0.05, 0.1) is 0 Å². The monoisotopic (exact) mass is 205 g/mol. The molecule has 0 heterocycles. The van der Waals surface area contributed by atoms with Crippen LogP contribution in [0.5, 0.6) is 0 Å². The van der Waals surface area contributed by atoms with E-state index in [-0.39, 0.29) is 5.82 Å². The summed E-state index contributed by atoms with van der Waals surface area (Å²) in [5.74, 6) is -0.169. The molecule has 80 valence electrons. The quantitative estimate of drug-likeness (QED) is 0.749. The third kappa shape index (κ3) is 2.45. The van der Waals surface area contributed by atoms with E-state index in [1.54, 1.807) is 6.07 Å². The van der Waals surface area contributed by atoms with E-state index in [2.05, 4.69) is 6.08 Å². The first-order valence-electron chi connectivity index (χ1n) is 5.36. The highest BCUT2D eigenvalue weighted by molar-refractivity contribution is 5.57. The van der Waals surface area contributed by atoms with Crippen LogP contribution in [0, 0.1) is 12.7 Å². The molecule has 0 bridgehead atoms. The fourth-order valence-corrected chi connectivity index (χ4v) is 2.06. The molecule has 1 unspecified atom stereocenters. The van der Waals surface area contributed by atoms with Crippen molar-refractivity contribution in [2.45, 2.75) is 32.2 Å². The summed E-state index contributed by atoms with van der Waals surface area (Å²) in [6, 6.07) is 5.23. The van der Waals surface area contributed by atoms with E-state index >= 15 is 0 Å². The molecule has 2 rings (SSSR count). The summed E-state index contributed by atoms with van der Waals surface area (Å²) in [5, 5.41) is 0. The molecule has 0 saturated heterocycles. The Labute approximate surface area is 89.8 Å². The maximum Gasteiger partial charge on any atom is 0.123 e. The third-order valence-corrected chi connectivity index (χ3v) is 2.95. The van der Waals surface area contributed by atoms with Gasteiger partial charge in [-0.05, 0) is 49.4 Å². The Morgan fingerprint density at radius 2 is 2.27 bits per heavy atom. The van der Waals surface area contributed by atoms with Crippen LogP contribution >= 0.6 is 0 Å². The lowest BCUT2D eigenvalue weighted by atomic mass is 10.0. The molecule has 1 atom stereocenters. The van der Waals surface area contributed by atoms with Crippen molar-refractivity contribution in [3.63, 3.8) is 0 Å².